The Morgan fingerprint density at radius 2 is 2.00 bits per heavy atom. The number of para-hydroxylation sites is 1. The van der Waals surface area contributed by atoms with Crippen LogP contribution in [-0.2, 0) is 9.53 Å². The van der Waals surface area contributed by atoms with Crippen LogP contribution in [0.1, 0.15) is 17.3 Å². The molecule has 0 aromatic heterocycles. The first-order valence-electron chi connectivity index (χ1n) is 4.79. The van der Waals surface area contributed by atoms with E-state index in [1.807, 2.05) is 0 Å². The predicted octanol–water partition coefficient (Wildman–Crippen LogP) is 0.560. The molecule has 5 nitrogen and oxygen atoms in total. The predicted molar refractivity (Wildman–Crippen MR) is 59.8 cm³/mol. The molecule has 0 saturated carbocycles. The van der Waals surface area contributed by atoms with Crippen LogP contribution in [0.3, 0.4) is 0 Å². The van der Waals surface area contributed by atoms with Gasteiger partial charge in [0.05, 0.1) is 12.7 Å². The van der Waals surface area contributed by atoms with Crippen LogP contribution >= 0.6 is 0 Å². The van der Waals surface area contributed by atoms with Gasteiger partial charge in [-0.05, 0) is 19.1 Å². The molecule has 0 aliphatic heterocycles. The van der Waals surface area contributed by atoms with Crippen LogP contribution < -0.4 is 11.1 Å². The van der Waals surface area contributed by atoms with E-state index < -0.39 is 17.9 Å². The average Bonchev–Trinajstić information content (AvgIpc) is 2.28. The zero-order chi connectivity index (χ0) is 12.1. The smallest absolute Gasteiger partial charge is 0.328 e. The highest BCUT2D eigenvalue weighted by Gasteiger charge is 2.17. The number of methoxy groups -OCH3 is 1. The molecule has 0 saturated heterocycles. The molecule has 0 radical (unpaired) electrons. The third-order valence-corrected chi connectivity index (χ3v) is 2.11. The van der Waals surface area contributed by atoms with Gasteiger partial charge < -0.3 is 15.8 Å². The molecule has 5 heteroatoms. The van der Waals surface area contributed by atoms with Gasteiger partial charge in [0.25, 0.3) is 5.91 Å². The van der Waals surface area contributed by atoms with Crippen molar-refractivity contribution in [3.05, 3.63) is 29.8 Å². The Balaban J connectivity index is 2.73. The highest BCUT2D eigenvalue weighted by Crippen LogP contribution is 2.10. The van der Waals surface area contributed by atoms with Crippen molar-refractivity contribution in [2.45, 2.75) is 13.0 Å². The number of amides is 1. The molecule has 0 heterocycles. The number of hydrogen-bond donors (Lipinski definition) is 2. The summed E-state index contributed by atoms with van der Waals surface area (Å²) in [4.78, 5) is 22.8. The normalized spacial score (nSPS) is 11.6. The molecule has 0 spiro atoms. The van der Waals surface area contributed by atoms with Crippen molar-refractivity contribution in [2.75, 3.05) is 12.8 Å². The fraction of sp³-hybridized carbons (Fsp3) is 0.273. The Morgan fingerprint density at radius 3 is 2.56 bits per heavy atom. The number of carbonyl (C=O) groups is 2. The summed E-state index contributed by atoms with van der Waals surface area (Å²) in [5.41, 5.74) is 6.35. The van der Waals surface area contributed by atoms with E-state index >= 15 is 0 Å². The first-order valence-corrected chi connectivity index (χ1v) is 4.79. The van der Waals surface area contributed by atoms with Gasteiger partial charge in [0, 0.05) is 5.69 Å². The largest absolute Gasteiger partial charge is 0.467 e. The molecule has 1 aromatic carbocycles. The number of nitrogen functional groups attached to an aromatic ring is 1. The van der Waals surface area contributed by atoms with Crippen molar-refractivity contribution >= 4 is 17.6 Å². The fourth-order valence-electron chi connectivity index (χ4n) is 1.21. The molecule has 1 atom stereocenters. The van der Waals surface area contributed by atoms with Crippen molar-refractivity contribution in [3.63, 3.8) is 0 Å². The Kier molecular flexibility index (Phi) is 3.88. The molecule has 86 valence electrons. The van der Waals surface area contributed by atoms with Gasteiger partial charge in [-0.2, -0.15) is 0 Å². The quantitative estimate of drug-likeness (QED) is 0.578. The van der Waals surface area contributed by atoms with Gasteiger partial charge in [-0.25, -0.2) is 4.79 Å². The number of nitrogens with one attached hydrogen (secondary N) is 1. The summed E-state index contributed by atoms with van der Waals surface area (Å²) >= 11 is 0. The lowest BCUT2D eigenvalue weighted by Crippen LogP contribution is -2.39. The van der Waals surface area contributed by atoms with E-state index in [2.05, 4.69) is 10.1 Å². The van der Waals surface area contributed by atoms with Gasteiger partial charge in [0.15, 0.2) is 0 Å². The lowest BCUT2D eigenvalue weighted by Gasteiger charge is -2.12. The summed E-state index contributed by atoms with van der Waals surface area (Å²) in [7, 11) is 1.27. The van der Waals surface area contributed by atoms with Gasteiger partial charge in [0.2, 0.25) is 0 Å². The molecule has 0 unspecified atom stereocenters. The van der Waals surface area contributed by atoms with Crippen LogP contribution in [0.15, 0.2) is 24.3 Å². The second-order valence-corrected chi connectivity index (χ2v) is 3.31. The van der Waals surface area contributed by atoms with E-state index in [1.165, 1.54) is 7.11 Å². The molecule has 1 rings (SSSR count). The minimum Gasteiger partial charge on any atom is -0.467 e. The van der Waals surface area contributed by atoms with Crippen LogP contribution in [0.25, 0.3) is 0 Å². The molecule has 1 amide bonds. The monoisotopic (exact) mass is 222 g/mol. The molecule has 0 bridgehead atoms. The maximum Gasteiger partial charge on any atom is 0.328 e. The first kappa shape index (κ1) is 12.0. The number of carbonyl (C=O) groups excluding carboxylic acids is 2. The number of benzene rings is 1. The van der Waals surface area contributed by atoms with E-state index in [1.54, 1.807) is 31.2 Å². The van der Waals surface area contributed by atoms with E-state index in [4.69, 9.17) is 5.73 Å². The van der Waals surface area contributed by atoms with Crippen molar-refractivity contribution < 1.29 is 14.3 Å². The SMILES string of the molecule is COC(=O)[C@@H](C)NC(=O)c1ccccc1N. The Labute approximate surface area is 93.6 Å². The zero-order valence-corrected chi connectivity index (χ0v) is 9.19. The van der Waals surface area contributed by atoms with Crippen molar-refractivity contribution in [1.82, 2.24) is 5.32 Å². The average molecular weight is 222 g/mol. The second-order valence-electron chi connectivity index (χ2n) is 3.31. The first-order chi connectivity index (χ1) is 7.56. The van der Waals surface area contributed by atoms with Gasteiger partial charge in [-0.15, -0.1) is 0 Å². The standard InChI is InChI=1S/C11H14N2O3/c1-7(11(15)16-2)13-10(14)8-5-3-4-6-9(8)12/h3-7H,12H2,1-2H3,(H,13,14)/t7-/m1/s1. The summed E-state index contributed by atoms with van der Waals surface area (Å²) in [5.74, 6) is -0.890. The highest BCUT2D eigenvalue weighted by atomic mass is 16.5. The van der Waals surface area contributed by atoms with Crippen molar-refractivity contribution in [3.8, 4) is 0 Å². The van der Waals surface area contributed by atoms with Gasteiger partial charge in [-0.1, -0.05) is 12.1 Å². The molecule has 1 aromatic rings. The lowest BCUT2D eigenvalue weighted by atomic mass is 10.1. The topological polar surface area (TPSA) is 81.4 Å². The lowest BCUT2D eigenvalue weighted by molar-refractivity contribution is -0.142. The van der Waals surface area contributed by atoms with Crippen LogP contribution in [0.4, 0.5) is 5.69 Å². The maximum atomic E-state index is 11.7. The summed E-state index contributed by atoms with van der Waals surface area (Å²) in [6, 6.07) is 5.95. The third-order valence-electron chi connectivity index (χ3n) is 2.11. The molecule has 16 heavy (non-hydrogen) atoms. The second kappa shape index (κ2) is 5.16. The highest BCUT2D eigenvalue weighted by molar-refractivity contribution is 6.00. The summed E-state index contributed by atoms with van der Waals surface area (Å²) in [6.45, 7) is 1.54. The number of hydrogen-bond acceptors (Lipinski definition) is 4. The summed E-state index contributed by atoms with van der Waals surface area (Å²) in [5, 5.41) is 2.49. The molecular formula is C11H14N2O3. The fourth-order valence-corrected chi connectivity index (χ4v) is 1.21. The van der Waals surface area contributed by atoms with Gasteiger partial charge in [-0.3, -0.25) is 4.79 Å². The maximum absolute atomic E-state index is 11.7. The minimum atomic E-state index is -0.697. The minimum absolute atomic E-state index is 0.346. The molecule has 0 fully saturated rings. The van der Waals surface area contributed by atoms with E-state index in [0.29, 0.717) is 11.3 Å². The van der Waals surface area contributed by atoms with Crippen LogP contribution in [0, 0.1) is 0 Å². The van der Waals surface area contributed by atoms with Crippen molar-refractivity contribution in [2.24, 2.45) is 0 Å². The molecule has 3 N–H and O–H groups in total. The number of esters is 1. The van der Waals surface area contributed by atoms with Crippen LogP contribution in [-0.4, -0.2) is 25.0 Å². The number of anilines is 1. The number of rotatable bonds is 3. The van der Waals surface area contributed by atoms with Crippen molar-refractivity contribution in [1.29, 1.82) is 0 Å². The van der Waals surface area contributed by atoms with Gasteiger partial charge in [0.1, 0.15) is 6.04 Å². The summed E-state index contributed by atoms with van der Waals surface area (Å²) in [6.07, 6.45) is 0. The van der Waals surface area contributed by atoms with Crippen LogP contribution in [0.2, 0.25) is 0 Å². The van der Waals surface area contributed by atoms with Gasteiger partial charge >= 0.3 is 5.97 Å². The Hall–Kier alpha value is -2.04. The zero-order valence-electron chi connectivity index (χ0n) is 9.19. The van der Waals surface area contributed by atoms with E-state index in [-0.39, 0.29) is 0 Å². The molecule has 0 aliphatic rings. The van der Waals surface area contributed by atoms with E-state index in [9.17, 15) is 9.59 Å². The van der Waals surface area contributed by atoms with Crippen LogP contribution in [0.5, 0.6) is 0 Å². The third kappa shape index (κ3) is 2.73. The Bertz CT molecular complexity index is 404. The Morgan fingerprint density at radius 1 is 1.38 bits per heavy atom. The molecular weight excluding hydrogens is 208 g/mol. The van der Waals surface area contributed by atoms with E-state index in [0.717, 1.165) is 0 Å². The number of ether oxygens (including phenoxy) is 1. The summed E-state index contributed by atoms with van der Waals surface area (Å²) < 4.78 is 4.49. The number of nitrogens with two attached hydrogens (primary N) is 1. The molecule has 0 aliphatic carbocycles.